The molecule has 1 rings (SSSR count). The van der Waals surface area contributed by atoms with Crippen LogP contribution in [0.3, 0.4) is 0 Å². The lowest BCUT2D eigenvalue weighted by atomic mass is 9.96. The molecule has 13 heavy (non-hydrogen) atoms. The maximum atomic E-state index is 10.6. The van der Waals surface area contributed by atoms with Crippen molar-refractivity contribution in [1.82, 2.24) is 0 Å². The standard InChI is InChI=1S/C10H16O3/c1-2-8(10(11)12)6-7-13-9-4-3-5-9/h6,9H,2-5,7H2,1H3,(H,11,12). The summed E-state index contributed by atoms with van der Waals surface area (Å²) < 4.78 is 5.42. The highest BCUT2D eigenvalue weighted by molar-refractivity contribution is 5.86. The summed E-state index contributed by atoms with van der Waals surface area (Å²) in [6.07, 6.45) is 6.10. The van der Waals surface area contributed by atoms with E-state index in [9.17, 15) is 4.79 Å². The molecule has 0 spiro atoms. The summed E-state index contributed by atoms with van der Waals surface area (Å²) in [7, 11) is 0. The third-order valence-electron chi connectivity index (χ3n) is 2.37. The van der Waals surface area contributed by atoms with Gasteiger partial charge >= 0.3 is 5.97 Å². The fourth-order valence-electron chi connectivity index (χ4n) is 1.21. The van der Waals surface area contributed by atoms with Gasteiger partial charge in [-0.15, -0.1) is 0 Å². The molecule has 1 aliphatic rings. The van der Waals surface area contributed by atoms with Crippen LogP contribution >= 0.6 is 0 Å². The summed E-state index contributed by atoms with van der Waals surface area (Å²) in [6, 6.07) is 0. The number of carboxylic acids is 1. The van der Waals surface area contributed by atoms with Crippen molar-refractivity contribution in [2.75, 3.05) is 6.61 Å². The molecule has 0 atom stereocenters. The SMILES string of the molecule is CCC(=CCOC1CCC1)C(=O)O. The zero-order chi connectivity index (χ0) is 9.68. The molecule has 74 valence electrons. The first-order valence-electron chi connectivity index (χ1n) is 4.78. The molecule has 0 amide bonds. The molecule has 0 aromatic heterocycles. The quantitative estimate of drug-likeness (QED) is 0.664. The predicted octanol–water partition coefficient (Wildman–Crippen LogP) is 1.98. The average molecular weight is 184 g/mol. The van der Waals surface area contributed by atoms with E-state index in [1.165, 1.54) is 6.42 Å². The van der Waals surface area contributed by atoms with Gasteiger partial charge in [-0.2, -0.15) is 0 Å². The van der Waals surface area contributed by atoms with Crippen molar-refractivity contribution in [3.05, 3.63) is 11.6 Å². The average Bonchev–Trinajstić information content (AvgIpc) is 2.00. The lowest BCUT2D eigenvalue weighted by Crippen LogP contribution is -2.21. The second-order valence-electron chi connectivity index (χ2n) is 3.27. The Hall–Kier alpha value is -0.830. The second kappa shape index (κ2) is 5.02. The number of aliphatic carboxylic acids is 1. The van der Waals surface area contributed by atoms with Crippen LogP contribution in [0.2, 0.25) is 0 Å². The van der Waals surface area contributed by atoms with Gasteiger partial charge in [-0.3, -0.25) is 0 Å². The Morgan fingerprint density at radius 2 is 2.31 bits per heavy atom. The number of ether oxygens (including phenoxy) is 1. The Morgan fingerprint density at radius 1 is 1.62 bits per heavy atom. The minimum Gasteiger partial charge on any atom is -0.478 e. The number of carboxylic acid groups (broad SMARTS) is 1. The fraction of sp³-hybridized carbons (Fsp3) is 0.700. The molecular weight excluding hydrogens is 168 g/mol. The van der Waals surface area contributed by atoms with Gasteiger partial charge in [0.2, 0.25) is 0 Å². The van der Waals surface area contributed by atoms with E-state index < -0.39 is 5.97 Å². The van der Waals surface area contributed by atoms with Gasteiger partial charge in [0.15, 0.2) is 0 Å². The highest BCUT2D eigenvalue weighted by atomic mass is 16.5. The summed E-state index contributed by atoms with van der Waals surface area (Å²) in [5, 5.41) is 8.69. The van der Waals surface area contributed by atoms with E-state index in [0.717, 1.165) is 12.8 Å². The van der Waals surface area contributed by atoms with Crippen LogP contribution in [0.15, 0.2) is 11.6 Å². The molecule has 1 N–H and O–H groups in total. The topological polar surface area (TPSA) is 46.5 Å². The van der Waals surface area contributed by atoms with Crippen LogP contribution in [0.25, 0.3) is 0 Å². The van der Waals surface area contributed by atoms with Gasteiger partial charge < -0.3 is 9.84 Å². The molecule has 1 saturated carbocycles. The maximum Gasteiger partial charge on any atom is 0.331 e. The van der Waals surface area contributed by atoms with Gasteiger partial charge in [-0.1, -0.05) is 6.92 Å². The molecule has 3 heteroatoms. The zero-order valence-electron chi connectivity index (χ0n) is 7.95. The van der Waals surface area contributed by atoms with Crippen LogP contribution in [0, 0.1) is 0 Å². The zero-order valence-corrected chi connectivity index (χ0v) is 7.95. The number of hydrogen-bond donors (Lipinski definition) is 1. The minimum absolute atomic E-state index is 0.378. The van der Waals surface area contributed by atoms with Crippen LogP contribution in [0.1, 0.15) is 32.6 Å². The van der Waals surface area contributed by atoms with E-state index >= 15 is 0 Å². The Kier molecular flexibility index (Phi) is 3.96. The smallest absolute Gasteiger partial charge is 0.331 e. The van der Waals surface area contributed by atoms with Crippen LogP contribution < -0.4 is 0 Å². The summed E-state index contributed by atoms with van der Waals surface area (Å²) in [4.78, 5) is 10.6. The molecular formula is C10H16O3. The summed E-state index contributed by atoms with van der Waals surface area (Å²) in [5.41, 5.74) is 0.444. The van der Waals surface area contributed by atoms with Gasteiger partial charge in [0.05, 0.1) is 12.7 Å². The summed E-state index contributed by atoms with van der Waals surface area (Å²) >= 11 is 0. The van der Waals surface area contributed by atoms with Gasteiger partial charge in [0.25, 0.3) is 0 Å². The molecule has 1 aliphatic carbocycles. The summed E-state index contributed by atoms with van der Waals surface area (Å²) in [6.45, 7) is 2.28. The monoisotopic (exact) mass is 184 g/mol. The molecule has 0 saturated heterocycles. The molecule has 0 radical (unpaired) electrons. The van der Waals surface area contributed by atoms with Crippen molar-refractivity contribution >= 4 is 5.97 Å². The largest absolute Gasteiger partial charge is 0.478 e. The van der Waals surface area contributed by atoms with Crippen molar-refractivity contribution in [1.29, 1.82) is 0 Å². The van der Waals surface area contributed by atoms with Gasteiger partial charge in [-0.05, 0) is 31.8 Å². The Morgan fingerprint density at radius 3 is 2.69 bits per heavy atom. The predicted molar refractivity (Wildman–Crippen MR) is 49.6 cm³/mol. The molecule has 0 aromatic carbocycles. The fourth-order valence-corrected chi connectivity index (χ4v) is 1.21. The van der Waals surface area contributed by atoms with E-state index in [4.69, 9.17) is 9.84 Å². The molecule has 0 unspecified atom stereocenters. The van der Waals surface area contributed by atoms with Crippen molar-refractivity contribution in [3.8, 4) is 0 Å². The first-order valence-corrected chi connectivity index (χ1v) is 4.78. The third-order valence-corrected chi connectivity index (χ3v) is 2.37. The maximum absolute atomic E-state index is 10.6. The lowest BCUT2D eigenvalue weighted by molar-refractivity contribution is -0.132. The lowest BCUT2D eigenvalue weighted by Gasteiger charge is -2.24. The number of rotatable bonds is 5. The third kappa shape index (κ3) is 3.19. The van der Waals surface area contributed by atoms with Gasteiger partial charge in [-0.25, -0.2) is 4.79 Å². The van der Waals surface area contributed by atoms with E-state index in [2.05, 4.69) is 0 Å². The normalized spacial score (nSPS) is 18.4. The van der Waals surface area contributed by atoms with Crippen LogP contribution in [-0.2, 0) is 9.53 Å². The van der Waals surface area contributed by atoms with Crippen LogP contribution in [0.5, 0.6) is 0 Å². The minimum atomic E-state index is -0.834. The van der Waals surface area contributed by atoms with Gasteiger partial charge in [0, 0.05) is 5.57 Å². The van der Waals surface area contributed by atoms with E-state index in [1.54, 1.807) is 6.08 Å². The molecule has 1 fully saturated rings. The van der Waals surface area contributed by atoms with Gasteiger partial charge in [0.1, 0.15) is 0 Å². The first kappa shape index (κ1) is 10.3. The van der Waals surface area contributed by atoms with Crippen LogP contribution in [-0.4, -0.2) is 23.8 Å². The highest BCUT2D eigenvalue weighted by Gasteiger charge is 2.17. The Labute approximate surface area is 78.4 Å². The second-order valence-corrected chi connectivity index (χ2v) is 3.27. The van der Waals surface area contributed by atoms with Crippen molar-refractivity contribution < 1.29 is 14.6 Å². The molecule has 0 heterocycles. The van der Waals surface area contributed by atoms with E-state index in [-0.39, 0.29) is 0 Å². The van der Waals surface area contributed by atoms with Crippen LogP contribution in [0.4, 0.5) is 0 Å². The van der Waals surface area contributed by atoms with Crippen molar-refractivity contribution in [2.24, 2.45) is 0 Å². The first-order chi connectivity index (χ1) is 6.24. The summed E-state index contributed by atoms with van der Waals surface area (Å²) in [5.74, 6) is -0.834. The van der Waals surface area contributed by atoms with E-state index in [0.29, 0.717) is 24.7 Å². The van der Waals surface area contributed by atoms with Crippen molar-refractivity contribution in [3.63, 3.8) is 0 Å². The molecule has 3 nitrogen and oxygen atoms in total. The highest BCUT2D eigenvalue weighted by Crippen LogP contribution is 2.21. The number of carbonyl (C=O) groups is 1. The number of hydrogen-bond acceptors (Lipinski definition) is 2. The van der Waals surface area contributed by atoms with E-state index in [1.807, 2.05) is 6.92 Å². The Bertz CT molecular complexity index is 204. The molecule has 0 bridgehead atoms. The van der Waals surface area contributed by atoms with Crippen molar-refractivity contribution in [2.45, 2.75) is 38.7 Å². The Balaban J connectivity index is 2.22. The molecule has 0 aromatic rings. The molecule has 0 aliphatic heterocycles.